The van der Waals surface area contributed by atoms with Crippen LogP contribution in [-0.2, 0) is 15.6 Å². The van der Waals surface area contributed by atoms with Crippen LogP contribution in [0, 0.1) is 5.82 Å². The lowest BCUT2D eigenvalue weighted by atomic mass is 10.2. The number of nitrogens with zero attached hydrogens (tertiary/aromatic N) is 2. The maximum Gasteiger partial charge on any atom is 0.226 e. The predicted octanol–water partition coefficient (Wildman–Crippen LogP) is 3.33. The fourth-order valence-electron chi connectivity index (χ4n) is 2.47. The van der Waals surface area contributed by atoms with Crippen LogP contribution in [0.1, 0.15) is 5.69 Å². The van der Waals surface area contributed by atoms with Gasteiger partial charge < -0.3 is 9.40 Å². The van der Waals surface area contributed by atoms with Gasteiger partial charge in [0.15, 0.2) is 0 Å². The molecule has 2 aromatic heterocycles. The van der Waals surface area contributed by atoms with Crippen LogP contribution in [-0.4, -0.2) is 23.4 Å². The number of rotatable bonds is 4. The van der Waals surface area contributed by atoms with E-state index in [1.165, 1.54) is 24.5 Å². The van der Waals surface area contributed by atoms with Crippen LogP contribution in [0.25, 0.3) is 22.5 Å². The Labute approximate surface area is 142 Å². The summed E-state index contributed by atoms with van der Waals surface area (Å²) < 4.78 is 43.6. The highest BCUT2D eigenvalue weighted by atomic mass is 32.2. The fourth-order valence-corrected chi connectivity index (χ4v) is 3.63. The van der Waals surface area contributed by atoms with E-state index in [1.807, 2.05) is 0 Å². The Morgan fingerprint density at radius 2 is 1.92 bits per heavy atom. The molecule has 4 aromatic rings. The van der Waals surface area contributed by atoms with Crippen molar-refractivity contribution >= 4 is 20.9 Å². The van der Waals surface area contributed by atoms with E-state index in [0.717, 1.165) is 0 Å². The maximum atomic E-state index is 13.3. The van der Waals surface area contributed by atoms with Crippen LogP contribution < -0.4 is 0 Å². The van der Waals surface area contributed by atoms with Crippen LogP contribution in [0.5, 0.6) is 0 Å². The molecule has 0 amide bonds. The molecule has 0 spiro atoms. The van der Waals surface area contributed by atoms with Crippen LogP contribution >= 0.6 is 0 Å². The number of aromatic nitrogens is 3. The first-order chi connectivity index (χ1) is 12.0. The van der Waals surface area contributed by atoms with Gasteiger partial charge in [0.1, 0.15) is 17.8 Å². The quantitative estimate of drug-likeness (QED) is 0.605. The Kier molecular flexibility index (Phi) is 3.61. The number of sulfone groups is 1. The van der Waals surface area contributed by atoms with Crippen molar-refractivity contribution in [2.45, 2.75) is 10.9 Å². The highest BCUT2D eigenvalue weighted by molar-refractivity contribution is 7.90. The van der Waals surface area contributed by atoms with Crippen molar-refractivity contribution < 1.29 is 17.2 Å². The minimum Gasteiger partial charge on any atom is -0.444 e. The molecule has 0 fully saturated rings. The summed E-state index contributed by atoms with van der Waals surface area (Å²) in [6.07, 6.45) is 1.25. The lowest BCUT2D eigenvalue weighted by Gasteiger charge is -1.97. The molecule has 0 aliphatic carbocycles. The summed E-state index contributed by atoms with van der Waals surface area (Å²) in [6, 6.07) is 12.8. The summed E-state index contributed by atoms with van der Waals surface area (Å²) in [6.45, 7) is 0. The van der Waals surface area contributed by atoms with Gasteiger partial charge in [0.25, 0.3) is 0 Å². The van der Waals surface area contributed by atoms with E-state index in [2.05, 4.69) is 15.0 Å². The van der Waals surface area contributed by atoms with E-state index < -0.39 is 15.7 Å². The first kappa shape index (κ1) is 15.5. The van der Waals surface area contributed by atoms with Crippen LogP contribution in [0.2, 0.25) is 0 Å². The number of imidazole rings is 1. The molecule has 8 heteroatoms. The van der Waals surface area contributed by atoms with Gasteiger partial charge >= 0.3 is 0 Å². The molecule has 126 valence electrons. The molecule has 0 aliphatic heterocycles. The summed E-state index contributed by atoms with van der Waals surface area (Å²) in [4.78, 5) is 11.0. The van der Waals surface area contributed by atoms with E-state index in [1.54, 1.807) is 30.3 Å². The summed E-state index contributed by atoms with van der Waals surface area (Å²) in [5.41, 5.74) is 1.87. The predicted molar refractivity (Wildman–Crippen MR) is 88.9 cm³/mol. The van der Waals surface area contributed by atoms with Crippen molar-refractivity contribution in [2.75, 3.05) is 0 Å². The van der Waals surface area contributed by atoms with Crippen molar-refractivity contribution in [1.82, 2.24) is 15.0 Å². The molecule has 2 aromatic carbocycles. The lowest BCUT2D eigenvalue weighted by Crippen LogP contribution is -2.07. The standard InChI is InChI=1S/C17H12FN3O3S/c18-12-5-3-4-11(8-12)16-19-13(9-24-16)10-25(22,23)17-20-14-6-1-2-7-15(14)21-17/h1-9H,10H2,(H,20,21). The average molecular weight is 357 g/mol. The van der Waals surface area contributed by atoms with Crippen LogP contribution in [0.3, 0.4) is 0 Å². The molecule has 0 bridgehead atoms. The maximum absolute atomic E-state index is 13.3. The Balaban J connectivity index is 1.63. The number of halogens is 1. The second-order valence-corrected chi connectivity index (χ2v) is 7.38. The SMILES string of the molecule is O=S(=O)(Cc1coc(-c2cccc(F)c2)n1)c1nc2ccccc2[nH]1. The van der Waals surface area contributed by atoms with Crippen molar-refractivity contribution in [3.05, 3.63) is 66.3 Å². The Bertz CT molecular complexity index is 1130. The van der Waals surface area contributed by atoms with E-state index in [9.17, 15) is 12.8 Å². The summed E-state index contributed by atoms with van der Waals surface area (Å²) in [5.74, 6) is -0.632. The van der Waals surface area contributed by atoms with Gasteiger partial charge in [-0.05, 0) is 30.3 Å². The Morgan fingerprint density at radius 3 is 2.72 bits per heavy atom. The smallest absolute Gasteiger partial charge is 0.226 e. The fraction of sp³-hybridized carbons (Fsp3) is 0.0588. The summed E-state index contributed by atoms with van der Waals surface area (Å²) >= 11 is 0. The third-order valence-corrected chi connectivity index (χ3v) is 5.08. The number of hydrogen-bond acceptors (Lipinski definition) is 5. The molecule has 0 saturated heterocycles. The monoisotopic (exact) mass is 357 g/mol. The molecule has 1 N–H and O–H groups in total. The van der Waals surface area contributed by atoms with Gasteiger partial charge in [0.05, 0.1) is 16.7 Å². The first-order valence-electron chi connectivity index (χ1n) is 7.39. The molecular weight excluding hydrogens is 345 g/mol. The third-order valence-electron chi connectivity index (χ3n) is 3.62. The third kappa shape index (κ3) is 3.03. The molecule has 0 atom stereocenters. The number of nitrogens with one attached hydrogen (secondary N) is 1. The number of oxazole rings is 1. The molecule has 25 heavy (non-hydrogen) atoms. The Morgan fingerprint density at radius 1 is 1.08 bits per heavy atom. The molecule has 6 nitrogen and oxygen atoms in total. The molecule has 0 radical (unpaired) electrons. The average Bonchev–Trinajstić information content (AvgIpc) is 3.21. The van der Waals surface area contributed by atoms with Crippen LogP contribution in [0.4, 0.5) is 4.39 Å². The number of aromatic amines is 1. The number of benzene rings is 2. The topological polar surface area (TPSA) is 88.8 Å². The van der Waals surface area contributed by atoms with E-state index in [-0.39, 0.29) is 22.5 Å². The van der Waals surface area contributed by atoms with E-state index >= 15 is 0 Å². The molecule has 2 heterocycles. The normalized spacial score (nSPS) is 11.9. The molecule has 0 unspecified atom stereocenters. The molecular formula is C17H12FN3O3S. The number of para-hydroxylation sites is 2. The molecule has 4 rings (SSSR count). The van der Waals surface area contributed by atoms with Crippen molar-refractivity contribution in [3.8, 4) is 11.5 Å². The van der Waals surface area contributed by atoms with Gasteiger partial charge in [-0.2, -0.15) is 0 Å². The number of H-pyrrole nitrogens is 1. The molecule has 0 aliphatic rings. The van der Waals surface area contributed by atoms with Crippen molar-refractivity contribution in [2.24, 2.45) is 0 Å². The van der Waals surface area contributed by atoms with Gasteiger partial charge in [-0.15, -0.1) is 0 Å². The van der Waals surface area contributed by atoms with Gasteiger partial charge in [0.2, 0.25) is 20.9 Å². The largest absolute Gasteiger partial charge is 0.444 e. The molecule has 0 saturated carbocycles. The first-order valence-corrected chi connectivity index (χ1v) is 9.04. The van der Waals surface area contributed by atoms with Crippen molar-refractivity contribution in [3.63, 3.8) is 0 Å². The van der Waals surface area contributed by atoms with E-state index in [4.69, 9.17) is 4.42 Å². The second kappa shape index (κ2) is 5.82. The summed E-state index contributed by atoms with van der Waals surface area (Å²) in [5, 5.41) is -0.121. The highest BCUT2D eigenvalue weighted by Gasteiger charge is 2.22. The zero-order chi connectivity index (χ0) is 17.4. The summed E-state index contributed by atoms with van der Waals surface area (Å²) in [7, 11) is -3.72. The van der Waals surface area contributed by atoms with Gasteiger partial charge in [-0.1, -0.05) is 18.2 Å². The second-order valence-electron chi connectivity index (χ2n) is 5.47. The number of hydrogen-bond donors (Lipinski definition) is 1. The van der Waals surface area contributed by atoms with Crippen LogP contribution in [0.15, 0.2) is 64.4 Å². The van der Waals surface area contributed by atoms with E-state index in [0.29, 0.717) is 16.6 Å². The number of fused-ring (bicyclic) bond motifs is 1. The zero-order valence-electron chi connectivity index (χ0n) is 12.8. The highest BCUT2D eigenvalue weighted by Crippen LogP contribution is 2.22. The lowest BCUT2D eigenvalue weighted by molar-refractivity contribution is 0.569. The minimum atomic E-state index is -3.72. The Hall–Kier alpha value is -3.00. The van der Waals surface area contributed by atoms with Gasteiger partial charge in [-0.3, -0.25) is 0 Å². The van der Waals surface area contributed by atoms with Gasteiger partial charge in [-0.25, -0.2) is 22.8 Å². The van der Waals surface area contributed by atoms with Gasteiger partial charge in [0, 0.05) is 5.56 Å². The zero-order valence-corrected chi connectivity index (χ0v) is 13.6. The van der Waals surface area contributed by atoms with Crippen molar-refractivity contribution in [1.29, 1.82) is 0 Å². The minimum absolute atomic E-state index is 0.121.